The van der Waals surface area contributed by atoms with E-state index in [9.17, 15) is 0 Å². The second-order valence-electron chi connectivity index (χ2n) is 5.59. The van der Waals surface area contributed by atoms with E-state index in [-0.39, 0.29) is 0 Å². The predicted molar refractivity (Wildman–Crippen MR) is 79.9 cm³/mol. The molecule has 18 heavy (non-hydrogen) atoms. The van der Waals surface area contributed by atoms with Crippen LogP contribution in [0.3, 0.4) is 0 Å². The van der Waals surface area contributed by atoms with Crippen molar-refractivity contribution in [3.05, 3.63) is 42.0 Å². The fourth-order valence-electron chi connectivity index (χ4n) is 2.97. The lowest BCUT2D eigenvalue weighted by Crippen LogP contribution is -2.49. The summed E-state index contributed by atoms with van der Waals surface area (Å²) in [5.41, 5.74) is 4.14. The molecule has 1 heterocycles. The minimum atomic E-state index is -1.50. The molecule has 0 N–H and O–H groups in total. The summed E-state index contributed by atoms with van der Waals surface area (Å²) in [6, 6.07) is 13.4. The average molecular weight is 254 g/mol. The van der Waals surface area contributed by atoms with E-state index in [2.05, 4.69) is 56.4 Å². The maximum atomic E-state index is 5.36. The van der Waals surface area contributed by atoms with E-state index < -0.39 is 8.07 Å². The van der Waals surface area contributed by atoms with Crippen LogP contribution < -0.4 is 15.1 Å². The van der Waals surface area contributed by atoms with E-state index in [1.54, 1.807) is 12.3 Å². The second-order valence-corrected chi connectivity index (χ2v) is 9.91. The van der Waals surface area contributed by atoms with Crippen molar-refractivity contribution in [2.75, 3.05) is 7.11 Å². The van der Waals surface area contributed by atoms with Crippen LogP contribution in [0.1, 0.15) is 5.56 Å². The first-order chi connectivity index (χ1) is 8.54. The Morgan fingerprint density at radius 1 is 0.889 bits per heavy atom. The van der Waals surface area contributed by atoms with E-state index in [1.165, 1.54) is 21.9 Å². The highest BCUT2D eigenvalue weighted by molar-refractivity contribution is 7.03. The Kier molecular flexibility index (Phi) is 2.39. The number of benzene rings is 2. The number of fused-ring (bicyclic) bond motifs is 3. The van der Waals surface area contributed by atoms with Gasteiger partial charge in [-0.05, 0) is 40.6 Å². The van der Waals surface area contributed by atoms with Gasteiger partial charge < -0.3 is 4.74 Å². The van der Waals surface area contributed by atoms with Crippen LogP contribution in [0.2, 0.25) is 13.1 Å². The summed E-state index contributed by atoms with van der Waals surface area (Å²) in [6.45, 7) is 7.04. The smallest absolute Gasteiger partial charge is 0.119 e. The summed E-state index contributed by atoms with van der Waals surface area (Å²) >= 11 is 0. The number of ether oxygens (including phenoxy) is 1. The molecule has 92 valence electrons. The van der Waals surface area contributed by atoms with Gasteiger partial charge in [-0.3, -0.25) is 0 Å². The van der Waals surface area contributed by atoms with Crippen LogP contribution in [0.5, 0.6) is 5.75 Å². The van der Waals surface area contributed by atoms with E-state index in [0.29, 0.717) is 0 Å². The second kappa shape index (κ2) is 3.72. The lowest BCUT2D eigenvalue weighted by Gasteiger charge is -2.19. The SMILES string of the molecule is COc1ccc2c(c1)-c1ccc(C)cc1[Si]2(C)C. The van der Waals surface area contributed by atoms with Crippen molar-refractivity contribution in [3.8, 4) is 16.9 Å². The van der Waals surface area contributed by atoms with Gasteiger partial charge in [0.25, 0.3) is 0 Å². The van der Waals surface area contributed by atoms with Gasteiger partial charge in [-0.1, -0.05) is 42.9 Å². The molecule has 2 aromatic carbocycles. The van der Waals surface area contributed by atoms with Crippen LogP contribution in [0.15, 0.2) is 36.4 Å². The third-order valence-corrected chi connectivity index (χ3v) is 7.58. The van der Waals surface area contributed by atoms with E-state index in [0.717, 1.165) is 5.75 Å². The van der Waals surface area contributed by atoms with Gasteiger partial charge in [0.2, 0.25) is 0 Å². The maximum absolute atomic E-state index is 5.36. The number of methoxy groups -OCH3 is 1. The Bertz CT molecular complexity index is 629. The van der Waals surface area contributed by atoms with Gasteiger partial charge in [-0.25, -0.2) is 0 Å². The lowest BCUT2D eigenvalue weighted by molar-refractivity contribution is 0.415. The molecule has 3 rings (SSSR count). The van der Waals surface area contributed by atoms with Crippen molar-refractivity contribution in [1.82, 2.24) is 0 Å². The fourth-order valence-corrected chi connectivity index (χ4v) is 6.12. The molecule has 0 saturated carbocycles. The van der Waals surface area contributed by atoms with Crippen molar-refractivity contribution in [2.24, 2.45) is 0 Å². The van der Waals surface area contributed by atoms with E-state index in [4.69, 9.17) is 4.74 Å². The largest absolute Gasteiger partial charge is 0.497 e. The Hall–Kier alpha value is -1.54. The van der Waals surface area contributed by atoms with Gasteiger partial charge in [-0.15, -0.1) is 0 Å². The van der Waals surface area contributed by atoms with Gasteiger partial charge in [0.05, 0.1) is 7.11 Å². The first-order valence-electron chi connectivity index (χ1n) is 6.34. The molecule has 0 fully saturated rings. The van der Waals surface area contributed by atoms with Crippen LogP contribution in [-0.2, 0) is 0 Å². The normalized spacial score (nSPS) is 15.1. The van der Waals surface area contributed by atoms with Gasteiger partial charge in [-0.2, -0.15) is 0 Å². The minimum Gasteiger partial charge on any atom is -0.497 e. The molecule has 0 amide bonds. The molecule has 2 heteroatoms. The topological polar surface area (TPSA) is 9.23 Å². The average Bonchev–Trinajstić information content (AvgIpc) is 2.58. The van der Waals surface area contributed by atoms with Crippen LogP contribution in [-0.4, -0.2) is 15.2 Å². The quantitative estimate of drug-likeness (QED) is 0.711. The molecule has 2 aromatic rings. The third-order valence-electron chi connectivity index (χ3n) is 4.04. The Balaban J connectivity index is 2.32. The molecule has 1 aliphatic rings. The third kappa shape index (κ3) is 1.45. The summed E-state index contributed by atoms with van der Waals surface area (Å²) in [4.78, 5) is 0. The summed E-state index contributed by atoms with van der Waals surface area (Å²) in [7, 11) is 0.227. The molecule has 0 atom stereocenters. The minimum absolute atomic E-state index is 0.951. The summed E-state index contributed by atoms with van der Waals surface area (Å²) in [5, 5.41) is 3.09. The van der Waals surface area contributed by atoms with Gasteiger partial charge >= 0.3 is 0 Å². The molecule has 1 aliphatic heterocycles. The fraction of sp³-hybridized carbons (Fsp3) is 0.250. The molecule has 0 aliphatic carbocycles. The summed E-state index contributed by atoms with van der Waals surface area (Å²) < 4.78 is 5.36. The van der Waals surface area contributed by atoms with E-state index in [1.807, 2.05) is 0 Å². The van der Waals surface area contributed by atoms with Gasteiger partial charge in [0.1, 0.15) is 13.8 Å². The maximum Gasteiger partial charge on any atom is 0.119 e. The monoisotopic (exact) mass is 254 g/mol. The first kappa shape index (κ1) is 11.5. The molecular formula is C16H18OSi. The molecule has 0 bridgehead atoms. The van der Waals surface area contributed by atoms with Crippen LogP contribution >= 0.6 is 0 Å². The zero-order valence-electron chi connectivity index (χ0n) is 11.4. The van der Waals surface area contributed by atoms with E-state index >= 15 is 0 Å². The van der Waals surface area contributed by atoms with Crippen molar-refractivity contribution in [1.29, 1.82) is 0 Å². The Morgan fingerprint density at radius 3 is 2.39 bits per heavy atom. The molecular weight excluding hydrogens is 236 g/mol. The van der Waals surface area contributed by atoms with Gasteiger partial charge in [0, 0.05) is 0 Å². The predicted octanol–water partition coefficient (Wildman–Crippen LogP) is 2.81. The van der Waals surface area contributed by atoms with Crippen LogP contribution in [0.4, 0.5) is 0 Å². The number of aryl methyl sites for hydroxylation is 1. The van der Waals surface area contributed by atoms with Crippen molar-refractivity contribution < 1.29 is 4.74 Å². The number of rotatable bonds is 1. The van der Waals surface area contributed by atoms with Crippen LogP contribution in [0, 0.1) is 6.92 Å². The van der Waals surface area contributed by atoms with Gasteiger partial charge in [0.15, 0.2) is 0 Å². The standard InChI is InChI=1S/C16H18OSi/c1-11-5-7-13-14-10-12(17-2)6-8-15(14)18(3,4)16(13)9-11/h5-10H,1-4H3. The van der Waals surface area contributed by atoms with Crippen molar-refractivity contribution in [3.63, 3.8) is 0 Å². The van der Waals surface area contributed by atoms with Crippen molar-refractivity contribution in [2.45, 2.75) is 20.0 Å². The molecule has 0 spiro atoms. The zero-order valence-corrected chi connectivity index (χ0v) is 12.4. The summed E-state index contributed by atoms with van der Waals surface area (Å²) in [6.07, 6.45) is 0. The lowest BCUT2D eigenvalue weighted by atomic mass is 10.0. The molecule has 0 unspecified atom stereocenters. The molecule has 1 nitrogen and oxygen atoms in total. The zero-order chi connectivity index (χ0) is 12.9. The highest BCUT2D eigenvalue weighted by Gasteiger charge is 2.37. The molecule has 0 aromatic heterocycles. The molecule has 0 radical (unpaired) electrons. The number of hydrogen-bond acceptors (Lipinski definition) is 1. The van der Waals surface area contributed by atoms with Crippen molar-refractivity contribution >= 4 is 18.4 Å². The highest BCUT2D eigenvalue weighted by Crippen LogP contribution is 2.31. The first-order valence-corrected chi connectivity index (χ1v) is 9.34. The highest BCUT2D eigenvalue weighted by atomic mass is 28.3. The van der Waals surface area contributed by atoms with Crippen LogP contribution in [0.25, 0.3) is 11.1 Å². The number of hydrogen-bond donors (Lipinski definition) is 0. The Morgan fingerprint density at radius 2 is 1.67 bits per heavy atom. The summed E-state index contributed by atoms with van der Waals surface area (Å²) in [5.74, 6) is 0.951. The molecule has 0 saturated heterocycles. The Labute approximate surface area is 109 Å².